The molecule has 3 N–H and O–H groups in total. The molecule has 0 saturated heterocycles. The van der Waals surface area contributed by atoms with Gasteiger partial charge in [0.1, 0.15) is 0 Å². The first-order chi connectivity index (χ1) is 9.72. The summed E-state index contributed by atoms with van der Waals surface area (Å²) in [7, 11) is 0. The lowest BCUT2D eigenvalue weighted by atomic mass is 10.1. The van der Waals surface area contributed by atoms with Crippen molar-refractivity contribution in [2.24, 2.45) is 5.73 Å². The highest BCUT2D eigenvalue weighted by Gasteiger charge is 2.11. The average Bonchev–Trinajstić information content (AvgIpc) is 2.48. The summed E-state index contributed by atoms with van der Waals surface area (Å²) in [5, 5.41) is 3.37. The van der Waals surface area contributed by atoms with Crippen molar-refractivity contribution in [2.75, 3.05) is 18.4 Å². The maximum Gasteiger partial charge on any atom is 0.159 e. The van der Waals surface area contributed by atoms with Crippen molar-refractivity contribution >= 4 is 5.69 Å². The number of anilines is 1. The third-order valence-electron chi connectivity index (χ3n) is 3.09. The van der Waals surface area contributed by atoms with Crippen molar-refractivity contribution in [3.8, 4) is 11.4 Å². The molecular weight excluding hydrogens is 248 g/mol. The molecule has 0 aliphatic rings. The van der Waals surface area contributed by atoms with Crippen molar-refractivity contribution < 1.29 is 0 Å². The molecule has 0 atom stereocenters. The quantitative estimate of drug-likeness (QED) is 0.792. The lowest BCUT2D eigenvalue weighted by Crippen LogP contribution is -2.11. The topological polar surface area (TPSA) is 63.8 Å². The van der Waals surface area contributed by atoms with Gasteiger partial charge >= 0.3 is 0 Å². The molecule has 0 aliphatic heterocycles. The second-order valence-electron chi connectivity index (χ2n) is 5.08. The van der Waals surface area contributed by atoms with Crippen LogP contribution >= 0.6 is 0 Å². The van der Waals surface area contributed by atoms with Crippen LogP contribution in [0.2, 0.25) is 0 Å². The number of nitrogens with one attached hydrogen (secondary N) is 1. The monoisotopic (exact) mass is 270 g/mol. The Bertz CT molecular complexity index is 537. The van der Waals surface area contributed by atoms with Crippen LogP contribution in [-0.4, -0.2) is 23.1 Å². The first-order valence-electron chi connectivity index (χ1n) is 7.08. The summed E-state index contributed by atoms with van der Waals surface area (Å²) in [6, 6.07) is 10.1. The Labute approximate surface area is 120 Å². The average molecular weight is 270 g/mol. The van der Waals surface area contributed by atoms with E-state index in [1.165, 1.54) is 0 Å². The van der Waals surface area contributed by atoms with Gasteiger partial charge in [-0.3, -0.25) is 0 Å². The lowest BCUT2D eigenvalue weighted by molar-refractivity contribution is 0.809. The molecule has 0 aliphatic carbocycles. The summed E-state index contributed by atoms with van der Waals surface area (Å²) >= 11 is 0. The molecule has 20 heavy (non-hydrogen) atoms. The summed E-state index contributed by atoms with van der Waals surface area (Å²) in [4.78, 5) is 9.18. The molecule has 1 aromatic heterocycles. The van der Waals surface area contributed by atoms with Crippen LogP contribution in [0.4, 0.5) is 5.69 Å². The minimum atomic E-state index is 0.348. The Morgan fingerprint density at radius 1 is 1.20 bits per heavy atom. The van der Waals surface area contributed by atoms with Gasteiger partial charge in [0.15, 0.2) is 5.82 Å². The van der Waals surface area contributed by atoms with Crippen molar-refractivity contribution in [3.05, 3.63) is 42.2 Å². The lowest BCUT2D eigenvalue weighted by Gasteiger charge is -2.14. The van der Waals surface area contributed by atoms with Gasteiger partial charge in [0.05, 0.1) is 17.6 Å². The van der Waals surface area contributed by atoms with E-state index in [-0.39, 0.29) is 0 Å². The normalized spacial score (nSPS) is 10.8. The van der Waals surface area contributed by atoms with Crippen LogP contribution in [0.25, 0.3) is 11.4 Å². The van der Waals surface area contributed by atoms with Gasteiger partial charge in [-0.05, 0) is 18.9 Å². The fourth-order valence-corrected chi connectivity index (χ4v) is 2.02. The van der Waals surface area contributed by atoms with Crippen LogP contribution in [0.3, 0.4) is 0 Å². The van der Waals surface area contributed by atoms with Gasteiger partial charge in [-0.2, -0.15) is 0 Å². The van der Waals surface area contributed by atoms with Gasteiger partial charge in [-0.25, -0.2) is 9.97 Å². The fourth-order valence-electron chi connectivity index (χ4n) is 2.02. The van der Waals surface area contributed by atoms with Gasteiger partial charge in [0.2, 0.25) is 0 Å². The van der Waals surface area contributed by atoms with E-state index < -0.39 is 0 Å². The predicted octanol–water partition coefficient (Wildman–Crippen LogP) is 3.03. The highest BCUT2D eigenvalue weighted by atomic mass is 15.0. The number of aromatic nitrogens is 2. The van der Waals surface area contributed by atoms with Crippen LogP contribution in [-0.2, 0) is 0 Å². The van der Waals surface area contributed by atoms with Crippen molar-refractivity contribution in [1.29, 1.82) is 0 Å². The molecular formula is C16H22N4. The third-order valence-corrected chi connectivity index (χ3v) is 3.09. The van der Waals surface area contributed by atoms with Gasteiger partial charge in [0.25, 0.3) is 0 Å². The number of nitrogens with zero attached hydrogens (tertiary/aromatic N) is 2. The molecule has 106 valence electrons. The molecule has 0 bridgehead atoms. The molecule has 0 saturated carbocycles. The summed E-state index contributed by atoms with van der Waals surface area (Å²) < 4.78 is 0. The van der Waals surface area contributed by atoms with E-state index in [2.05, 4.69) is 24.1 Å². The number of rotatable bonds is 6. The number of hydrogen-bond acceptors (Lipinski definition) is 4. The second kappa shape index (κ2) is 7.01. The van der Waals surface area contributed by atoms with Gasteiger partial charge in [-0.15, -0.1) is 0 Å². The minimum Gasteiger partial charge on any atom is -0.382 e. The Morgan fingerprint density at radius 3 is 2.60 bits per heavy atom. The van der Waals surface area contributed by atoms with E-state index in [1.807, 2.05) is 36.5 Å². The van der Waals surface area contributed by atoms with Crippen molar-refractivity contribution in [1.82, 2.24) is 9.97 Å². The van der Waals surface area contributed by atoms with Crippen molar-refractivity contribution in [2.45, 2.75) is 26.2 Å². The molecule has 1 heterocycles. The standard InChI is InChI=1S/C16H22N4/c1-12(2)15-14(18-10-6-9-17)11-19-16(20-15)13-7-4-3-5-8-13/h3-5,7-8,11-12,18H,6,9-10,17H2,1-2H3. The summed E-state index contributed by atoms with van der Waals surface area (Å²) in [5.74, 6) is 1.12. The smallest absolute Gasteiger partial charge is 0.159 e. The van der Waals surface area contributed by atoms with Crippen LogP contribution in [0.5, 0.6) is 0 Å². The largest absolute Gasteiger partial charge is 0.382 e. The van der Waals surface area contributed by atoms with Gasteiger partial charge in [-0.1, -0.05) is 44.2 Å². The molecule has 4 nitrogen and oxygen atoms in total. The van der Waals surface area contributed by atoms with Gasteiger partial charge in [0, 0.05) is 12.1 Å². The zero-order chi connectivity index (χ0) is 14.4. The zero-order valence-corrected chi connectivity index (χ0v) is 12.1. The zero-order valence-electron chi connectivity index (χ0n) is 12.1. The Kier molecular flexibility index (Phi) is 5.07. The van der Waals surface area contributed by atoms with E-state index in [9.17, 15) is 0 Å². The first-order valence-corrected chi connectivity index (χ1v) is 7.08. The van der Waals surface area contributed by atoms with Crippen LogP contribution in [0, 0.1) is 0 Å². The predicted molar refractivity (Wildman–Crippen MR) is 83.7 cm³/mol. The van der Waals surface area contributed by atoms with Crippen LogP contribution < -0.4 is 11.1 Å². The molecule has 2 rings (SSSR count). The SMILES string of the molecule is CC(C)c1nc(-c2ccccc2)ncc1NCCCN. The third kappa shape index (κ3) is 3.54. The van der Waals surface area contributed by atoms with Gasteiger partial charge < -0.3 is 11.1 Å². The van der Waals surface area contributed by atoms with E-state index in [0.29, 0.717) is 12.5 Å². The Hall–Kier alpha value is -1.94. The highest BCUT2D eigenvalue weighted by molar-refractivity contribution is 5.58. The number of hydrogen-bond donors (Lipinski definition) is 2. The summed E-state index contributed by atoms with van der Waals surface area (Å²) in [6.45, 7) is 5.83. The van der Waals surface area contributed by atoms with E-state index >= 15 is 0 Å². The molecule has 1 aromatic carbocycles. The maximum absolute atomic E-state index is 5.52. The maximum atomic E-state index is 5.52. The molecule has 4 heteroatoms. The highest BCUT2D eigenvalue weighted by Crippen LogP contribution is 2.24. The minimum absolute atomic E-state index is 0.348. The Morgan fingerprint density at radius 2 is 1.95 bits per heavy atom. The van der Waals surface area contributed by atoms with Crippen LogP contribution in [0.1, 0.15) is 31.9 Å². The van der Waals surface area contributed by atoms with E-state index in [0.717, 1.165) is 35.7 Å². The molecule has 0 unspecified atom stereocenters. The van der Waals surface area contributed by atoms with E-state index in [4.69, 9.17) is 10.7 Å². The number of nitrogens with two attached hydrogens (primary N) is 1. The molecule has 2 aromatic rings. The molecule has 0 amide bonds. The van der Waals surface area contributed by atoms with Crippen molar-refractivity contribution in [3.63, 3.8) is 0 Å². The Balaban J connectivity index is 2.28. The van der Waals surface area contributed by atoms with E-state index in [1.54, 1.807) is 0 Å². The first kappa shape index (κ1) is 14.5. The summed E-state index contributed by atoms with van der Waals surface area (Å²) in [6.07, 6.45) is 2.82. The molecule has 0 fully saturated rings. The molecule has 0 spiro atoms. The fraction of sp³-hybridized carbons (Fsp3) is 0.375. The molecule has 0 radical (unpaired) electrons. The number of benzene rings is 1. The second-order valence-corrected chi connectivity index (χ2v) is 5.08. The summed E-state index contributed by atoms with van der Waals surface area (Å²) in [5.41, 5.74) is 8.62. The van der Waals surface area contributed by atoms with Crippen LogP contribution in [0.15, 0.2) is 36.5 Å².